The van der Waals surface area contributed by atoms with E-state index in [4.69, 9.17) is 10.9 Å². The Balaban J connectivity index is 2.03. The first kappa shape index (κ1) is 14.5. The van der Waals surface area contributed by atoms with Gasteiger partial charge in [-0.2, -0.15) is 0 Å². The number of aryl methyl sites for hydroxylation is 1. The molecule has 0 spiro atoms. The molecule has 0 aromatic heterocycles. The zero-order valence-corrected chi connectivity index (χ0v) is 11.9. The van der Waals surface area contributed by atoms with Gasteiger partial charge >= 0.3 is 0 Å². The van der Waals surface area contributed by atoms with Crippen LogP contribution < -0.4 is 11.1 Å². The molecule has 0 radical (unpaired) electrons. The van der Waals surface area contributed by atoms with Gasteiger partial charge in [-0.3, -0.25) is 0 Å². The quantitative estimate of drug-likeness (QED) is 0.324. The minimum absolute atomic E-state index is 0.0671. The number of oxime groups is 1. The van der Waals surface area contributed by atoms with Crippen molar-refractivity contribution in [1.29, 1.82) is 0 Å². The van der Waals surface area contributed by atoms with Crippen LogP contribution in [0.25, 0.3) is 0 Å². The molecule has 0 aliphatic carbocycles. The van der Waals surface area contributed by atoms with Crippen molar-refractivity contribution in [3.8, 4) is 0 Å². The summed E-state index contributed by atoms with van der Waals surface area (Å²) in [6, 6.07) is 5.32. The van der Waals surface area contributed by atoms with Crippen LogP contribution in [-0.4, -0.2) is 31.3 Å². The van der Waals surface area contributed by atoms with E-state index in [-0.39, 0.29) is 17.6 Å². The highest BCUT2D eigenvalue weighted by atomic mass is 32.2. The topological polar surface area (TPSA) is 105 Å². The fourth-order valence-corrected chi connectivity index (χ4v) is 3.32. The Morgan fingerprint density at radius 1 is 1.55 bits per heavy atom. The summed E-state index contributed by atoms with van der Waals surface area (Å²) >= 11 is 0. The minimum Gasteiger partial charge on any atom is -0.409 e. The number of sulfone groups is 1. The van der Waals surface area contributed by atoms with Crippen molar-refractivity contribution in [3.05, 3.63) is 46.4 Å². The summed E-state index contributed by atoms with van der Waals surface area (Å²) in [6.45, 7) is 2.49. The van der Waals surface area contributed by atoms with Gasteiger partial charge in [-0.05, 0) is 24.1 Å². The Kier molecular flexibility index (Phi) is 4.10. The first-order chi connectivity index (χ1) is 9.41. The predicted molar refractivity (Wildman–Crippen MR) is 77.2 cm³/mol. The van der Waals surface area contributed by atoms with Gasteiger partial charge in [-0.15, -0.1) is 0 Å². The molecule has 1 aromatic rings. The average molecular weight is 295 g/mol. The van der Waals surface area contributed by atoms with Crippen LogP contribution in [0, 0.1) is 6.92 Å². The molecule has 1 atom stereocenters. The standard InChI is InChI=1S/C13H17N3O3S/c1-9-6-10(13(14)16-17)2-3-11(9)7-15-12-4-5-20(18,19)8-12/h2-6,12,15,17H,7-8H2,1H3,(H2,14,16). The third-order valence-corrected chi connectivity index (χ3v) is 4.63. The molecule has 1 aliphatic heterocycles. The summed E-state index contributed by atoms with van der Waals surface area (Å²) in [5.74, 6) is 0.172. The van der Waals surface area contributed by atoms with Gasteiger partial charge in [0.1, 0.15) is 0 Å². The van der Waals surface area contributed by atoms with Crippen LogP contribution in [0.2, 0.25) is 0 Å². The maximum absolute atomic E-state index is 11.3. The number of hydrogen-bond donors (Lipinski definition) is 3. The maximum Gasteiger partial charge on any atom is 0.173 e. The van der Waals surface area contributed by atoms with E-state index in [0.717, 1.165) is 11.1 Å². The molecule has 2 rings (SSSR count). The number of amidine groups is 1. The molecule has 20 heavy (non-hydrogen) atoms. The third-order valence-electron chi connectivity index (χ3n) is 3.23. The highest BCUT2D eigenvalue weighted by molar-refractivity contribution is 7.94. The van der Waals surface area contributed by atoms with Gasteiger partial charge < -0.3 is 16.3 Å². The van der Waals surface area contributed by atoms with Crippen molar-refractivity contribution in [1.82, 2.24) is 5.32 Å². The summed E-state index contributed by atoms with van der Waals surface area (Å²) in [5, 5.41) is 16.0. The summed E-state index contributed by atoms with van der Waals surface area (Å²) in [6.07, 6.45) is 1.66. The molecule has 0 saturated carbocycles. The molecule has 1 aliphatic rings. The fourth-order valence-electron chi connectivity index (χ4n) is 2.06. The second kappa shape index (κ2) is 5.64. The average Bonchev–Trinajstić information content (AvgIpc) is 2.76. The number of nitrogens with two attached hydrogens (primary N) is 1. The smallest absolute Gasteiger partial charge is 0.173 e. The first-order valence-electron chi connectivity index (χ1n) is 6.13. The molecule has 0 fully saturated rings. The van der Waals surface area contributed by atoms with E-state index < -0.39 is 9.84 Å². The molecular weight excluding hydrogens is 278 g/mol. The van der Waals surface area contributed by atoms with Crippen LogP contribution in [0.3, 0.4) is 0 Å². The van der Waals surface area contributed by atoms with Crippen molar-refractivity contribution < 1.29 is 13.6 Å². The van der Waals surface area contributed by atoms with Crippen LogP contribution in [0.5, 0.6) is 0 Å². The van der Waals surface area contributed by atoms with E-state index in [1.807, 2.05) is 19.1 Å². The summed E-state index contributed by atoms with van der Waals surface area (Å²) < 4.78 is 22.6. The van der Waals surface area contributed by atoms with E-state index in [9.17, 15) is 8.42 Å². The Bertz CT molecular complexity index is 665. The summed E-state index contributed by atoms with van der Waals surface area (Å²) in [7, 11) is -3.03. The van der Waals surface area contributed by atoms with E-state index in [1.54, 1.807) is 12.1 Å². The van der Waals surface area contributed by atoms with Gasteiger partial charge in [-0.1, -0.05) is 23.4 Å². The first-order valence-corrected chi connectivity index (χ1v) is 7.84. The molecule has 1 heterocycles. The van der Waals surface area contributed by atoms with Gasteiger partial charge in [0.25, 0.3) is 0 Å². The largest absolute Gasteiger partial charge is 0.409 e. The molecule has 4 N–H and O–H groups in total. The van der Waals surface area contributed by atoms with Crippen LogP contribution in [0.4, 0.5) is 0 Å². The maximum atomic E-state index is 11.3. The third kappa shape index (κ3) is 3.37. The van der Waals surface area contributed by atoms with Crippen molar-refractivity contribution >= 4 is 15.7 Å². The number of nitrogens with one attached hydrogen (secondary N) is 1. The van der Waals surface area contributed by atoms with E-state index in [1.165, 1.54) is 5.41 Å². The summed E-state index contributed by atoms with van der Waals surface area (Å²) in [4.78, 5) is 0. The SMILES string of the molecule is Cc1cc(/C(N)=N/O)ccc1CNC1C=CS(=O)(=O)C1. The second-order valence-corrected chi connectivity index (χ2v) is 6.70. The molecule has 0 amide bonds. The molecular formula is C13H17N3O3S. The highest BCUT2D eigenvalue weighted by Crippen LogP contribution is 2.13. The Morgan fingerprint density at radius 3 is 2.85 bits per heavy atom. The van der Waals surface area contributed by atoms with Crippen LogP contribution in [0.1, 0.15) is 16.7 Å². The van der Waals surface area contributed by atoms with Crippen molar-refractivity contribution in [2.75, 3.05) is 5.75 Å². The zero-order chi connectivity index (χ0) is 14.8. The van der Waals surface area contributed by atoms with Gasteiger partial charge in [0.15, 0.2) is 15.7 Å². The molecule has 6 nitrogen and oxygen atoms in total. The normalized spacial score (nSPS) is 21.2. The van der Waals surface area contributed by atoms with Crippen molar-refractivity contribution in [3.63, 3.8) is 0 Å². The number of benzene rings is 1. The number of rotatable bonds is 4. The molecule has 0 saturated heterocycles. The molecule has 1 aromatic carbocycles. The number of hydrogen-bond acceptors (Lipinski definition) is 5. The lowest BCUT2D eigenvalue weighted by Gasteiger charge is -2.12. The lowest BCUT2D eigenvalue weighted by Crippen LogP contribution is -2.29. The Hall–Kier alpha value is -1.86. The fraction of sp³-hybridized carbons (Fsp3) is 0.308. The Morgan fingerprint density at radius 2 is 2.30 bits per heavy atom. The zero-order valence-electron chi connectivity index (χ0n) is 11.1. The van der Waals surface area contributed by atoms with Crippen LogP contribution in [-0.2, 0) is 16.4 Å². The lowest BCUT2D eigenvalue weighted by molar-refractivity contribution is 0.318. The highest BCUT2D eigenvalue weighted by Gasteiger charge is 2.20. The summed E-state index contributed by atoms with van der Waals surface area (Å²) in [5.41, 5.74) is 8.21. The number of nitrogens with zero attached hydrogens (tertiary/aromatic N) is 1. The van der Waals surface area contributed by atoms with Gasteiger partial charge in [0, 0.05) is 23.6 Å². The molecule has 1 unspecified atom stereocenters. The van der Waals surface area contributed by atoms with Crippen molar-refractivity contribution in [2.24, 2.45) is 10.9 Å². The van der Waals surface area contributed by atoms with Gasteiger partial charge in [0.2, 0.25) is 0 Å². The van der Waals surface area contributed by atoms with Gasteiger partial charge in [-0.25, -0.2) is 8.42 Å². The van der Waals surface area contributed by atoms with Crippen LogP contribution in [0.15, 0.2) is 34.8 Å². The minimum atomic E-state index is -3.03. The second-order valence-electron chi connectivity index (χ2n) is 4.77. The molecule has 108 valence electrons. The van der Waals surface area contributed by atoms with E-state index >= 15 is 0 Å². The van der Waals surface area contributed by atoms with Crippen LogP contribution >= 0.6 is 0 Å². The molecule has 0 bridgehead atoms. The predicted octanol–water partition coefficient (Wildman–Crippen LogP) is 0.490. The van der Waals surface area contributed by atoms with Crippen molar-refractivity contribution in [2.45, 2.75) is 19.5 Å². The molecule has 7 heteroatoms. The lowest BCUT2D eigenvalue weighted by atomic mass is 10.0. The van der Waals surface area contributed by atoms with E-state index in [2.05, 4.69) is 10.5 Å². The van der Waals surface area contributed by atoms with E-state index in [0.29, 0.717) is 12.1 Å². The Labute approximate surface area is 117 Å². The van der Waals surface area contributed by atoms with Gasteiger partial charge in [0.05, 0.1) is 5.75 Å². The monoisotopic (exact) mass is 295 g/mol.